The highest BCUT2D eigenvalue weighted by Gasteiger charge is 2.54. The number of rotatable bonds is 5. The number of likely N-dealkylation sites (tertiary alicyclic amines) is 1. The predicted molar refractivity (Wildman–Crippen MR) is 94.8 cm³/mol. The first-order valence-electron chi connectivity index (χ1n) is 10.2. The van der Waals surface area contributed by atoms with Crippen LogP contribution in [0.25, 0.3) is 0 Å². The largest absolute Gasteiger partial charge is 0.384 e. The highest BCUT2D eigenvalue weighted by molar-refractivity contribution is 5.83. The van der Waals surface area contributed by atoms with E-state index in [4.69, 9.17) is 4.74 Å². The summed E-state index contributed by atoms with van der Waals surface area (Å²) >= 11 is 0. The van der Waals surface area contributed by atoms with Gasteiger partial charge in [-0.2, -0.15) is 0 Å². The molecule has 0 unspecified atom stereocenters. The molecule has 0 aromatic rings. The van der Waals surface area contributed by atoms with Gasteiger partial charge >= 0.3 is 0 Å². The maximum Gasteiger partial charge on any atom is 0.226 e. The molecule has 0 atom stereocenters. The first-order chi connectivity index (χ1) is 12.1. The average Bonchev–Trinajstić information content (AvgIpc) is 2.59. The molecule has 140 valence electrons. The fourth-order valence-electron chi connectivity index (χ4n) is 6.35. The molecule has 25 heavy (non-hydrogen) atoms. The van der Waals surface area contributed by atoms with Gasteiger partial charge in [-0.1, -0.05) is 0 Å². The van der Waals surface area contributed by atoms with Gasteiger partial charge in [-0.15, -0.1) is 0 Å². The van der Waals surface area contributed by atoms with E-state index in [2.05, 4.69) is 5.32 Å². The number of hydrogen-bond donors (Lipinski definition) is 1. The zero-order valence-electron chi connectivity index (χ0n) is 15.5. The van der Waals surface area contributed by atoms with Crippen molar-refractivity contribution in [3.05, 3.63) is 0 Å². The van der Waals surface area contributed by atoms with Crippen molar-refractivity contribution < 1.29 is 14.3 Å². The second kappa shape index (κ2) is 6.90. The smallest absolute Gasteiger partial charge is 0.226 e. The fraction of sp³-hybridized carbons (Fsp3) is 0.900. The topological polar surface area (TPSA) is 58.6 Å². The lowest BCUT2D eigenvalue weighted by molar-refractivity contribution is -0.147. The van der Waals surface area contributed by atoms with Crippen LogP contribution < -0.4 is 5.32 Å². The SMILES string of the molecule is COCCC(=O)N1CCC(NC(=O)C23CC4CC(CC(C4)C2)C3)CC1. The maximum atomic E-state index is 13.1. The van der Waals surface area contributed by atoms with E-state index < -0.39 is 0 Å². The van der Waals surface area contributed by atoms with Crippen LogP contribution in [0.5, 0.6) is 0 Å². The standard InChI is InChI=1S/C20H32N2O3/c1-25-7-4-18(23)22-5-2-17(3-6-22)21-19(24)20-11-14-8-15(12-20)10-16(9-14)13-20/h14-17H,2-13H2,1H3,(H,21,24). The fourth-order valence-corrected chi connectivity index (χ4v) is 6.35. The van der Waals surface area contributed by atoms with Gasteiger partial charge in [-0.25, -0.2) is 0 Å². The van der Waals surface area contributed by atoms with E-state index in [0.29, 0.717) is 18.9 Å². The summed E-state index contributed by atoms with van der Waals surface area (Å²) in [5, 5.41) is 3.38. The number of carbonyl (C=O) groups excluding carboxylic acids is 2. The first-order valence-corrected chi connectivity index (χ1v) is 10.2. The molecule has 4 saturated carbocycles. The maximum absolute atomic E-state index is 13.1. The predicted octanol–water partition coefficient (Wildman–Crippen LogP) is 2.35. The van der Waals surface area contributed by atoms with E-state index in [9.17, 15) is 9.59 Å². The number of piperidine rings is 1. The van der Waals surface area contributed by atoms with Crippen molar-refractivity contribution in [2.45, 2.75) is 63.8 Å². The number of nitrogens with zero attached hydrogens (tertiary/aromatic N) is 1. The molecular formula is C20H32N2O3. The Balaban J connectivity index is 1.29. The number of methoxy groups -OCH3 is 1. The number of nitrogens with one attached hydrogen (secondary N) is 1. The Morgan fingerprint density at radius 1 is 1.04 bits per heavy atom. The lowest BCUT2D eigenvalue weighted by Crippen LogP contribution is -2.56. The molecular weight excluding hydrogens is 316 g/mol. The van der Waals surface area contributed by atoms with E-state index in [1.807, 2.05) is 4.90 Å². The van der Waals surface area contributed by atoms with Crippen LogP contribution >= 0.6 is 0 Å². The van der Waals surface area contributed by atoms with Crippen LogP contribution in [0.1, 0.15) is 57.8 Å². The molecule has 0 radical (unpaired) electrons. The minimum atomic E-state index is -0.0554. The molecule has 4 bridgehead atoms. The zero-order valence-corrected chi connectivity index (χ0v) is 15.5. The quantitative estimate of drug-likeness (QED) is 0.830. The first kappa shape index (κ1) is 17.3. The van der Waals surface area contributed by atoms with Crippen molar-refractivity contribution in [2.75, 3.05) is 26.8 Å². The minimum Gasteiger partial charge on any atom is -0.384 e. The summed E-state index contributed by atoms with van der Waals surface area (Å²) in [6, 6.07) is 0.243. The second-order valence-electron chi connectivity index (χ2n) is 9.07. The van der Waals surface area contributed by atoms with Crippen LogP contribution in [-0.4, -0.2) is 49.6 Å². The molecule has 1 aliphatic heterocycles. The van der Waals surface area contributed by atoms with E-state index in [1.54, 1.807) is 7.11 Å². The van der Waals surface area contributed by atoms with Crippen molar-refractivity contribution >= 4 is 11.8 Å². The van der Waals surface area contributed by atoms with Gasteiger partial charge < -0.3 is 15.0 Å². The molecule has 1 heterocycles. The van der Waals surface area contributed by atoms with Gasteiger partial charge in [0.15, 0.2) is 0 Å². The molecule has 0 aromatic carbocycles. The Morgan fingerprint density at radius 3 is 2.12 bits per heavy atom. The highest BCUT2D eigenvalue weighted by atomic mass is 16.5. The number of amides is 2. The van der Waals surface area contributed by atoms with Crippen molar-refractivity contribution in [3.8, 4) is 0 Å². The monoisotopic (exact) mass is 348 g/mol. The van der Waals surface area contributed by atoms with Crippen molar-refractivity contribution in [1.82, 2.24) is 10.2 Å². The van der Waals surface area contributed by atoms with E-state index in [1.165, 1.54) is 19.3 Å². The van der Waals surface area contributed by atoms with E-state index >= 15 is 0 Å². The Kier molecular flexibility index (Phi) is 4.78. The Bertz CT molecular complexity index is 490. The third-order valence-electron chi connectivity index (χ3n) is 7.22. The summed E-state index contributed by atoms with van der Waals surface area (Å²) in [7, 11) is 1.62. The van der Waals surface area contributed by atoms with Crippen molar-refractivity contribution in [2.24, 2.45) is 23.2 Å². The Morgan fingerprint density at radius 2 is 1.60 bits per heavy atom. The molecule has 0 aromatic heterocycles. The molecule has 5 heteroatoms. The van der Waals surface area contributed by atoms with Crippen molar-refractivity contribution in [3.63, 3.8) is 0 Å². The van der Waals surface area contributed by atoms with Crippen LogP contribution in [0.15, 0.2) is 0 Å². The van der Waals surface area contributed by atoms with Gasteiger partial charge in [-0.3, -0.25) is 9.59 Å². The lowest BCUT2D eigenvalue weighted by Gasteiger charge is -2.56. The van der Waals surface area contributed by atoms with Crippen LogP contribution in [-0.2, 0) is 14.3 Å². The third-order valence-corrected chi connectivity index (χ3v) is 7.22. The minimum absolute atomic E-state index is 0.0554. The van der Waals surface area contributed by atoms with Gasteiger partial charge in [0.05, 0.1) is 13.0 Å². The lowest BCUT2D eigenvalue weighted by atomic mass is 9.49. The number of ether oxygens (including phenoxy) is 1. The third kappa shape index (κ3) is 3.44. The van der Waals surface area contributed by atoms with Crippen LogP contribution in [0.3, 0.4) is 0 Å². The van der Waals surface area contributed by atoms with E-state index in [0.717, 1.165) is 62.9 Å². The molecule has 5 fully saturated rings. The molecule has 2 amide bonds. The average molecular weight is 348 g/mol. The molecule has 0 spiro atoms. The molecule has 5 rings (SSSR count). The van der Waals surface area contributed by atoms with Gasteiger partial charge in [-0.05, 0) is 69.1 Å². The number of hydrogen-bond acceptors (Lipinski definition) is 3. The summed E-state index contributed by atoms with van der Waals surface area (Å²) in [6.07, 6.45) is 9.71. The van der Waals surface area contributed by atoms with Crippen molar-refractivity contribution in [1.29, 1.82) is 0 Å². The van der Waals surface area contributed by atoms with Gasteiger partial charge in [0.1, 0.15) is 0 Å². The van der Waals surface area contributed by atoms with Crippen LogP contribution in [0.4, 0.5) is 0 Å². The summed E-state index contributed by atoms with van der Waals surface area (Å²) in [6.45, 7) is 2.00. The Labute approximate surface area is 150 Å². The second-order valence-corrected chi connectivity index (χ2v) is 9.07. The van der Waals surface area contributed by atoms with Gasteiger partial charge in [0, 0.05) is 31.7 Å². The van der Waals surface area contributed by atoms with Crippen LogP contribution in [0, 0.1) is 23.2 Å². The van der Waals surface area contributed by atoms with Crippen LogP contribution in [0.2, 0.25) is 0 Å². The summed E-state index contributed by atoms with van der Waals surface area (Å²) < 4.78 is 4.99. The summed E-state index contributed by atoms with van der Waals surface area (Å²) in [4.78, 5) is 27.1. The normalized spacial score (nSPS) is 37.3. The molecule has 1 N–H and O–H groups in total. The summed E-state index contributed by atoms with van der Waals surface area (Å²) in [5.41, 5.74) is -0.0554. The van der Waals surface area contributed by atoms with Gasteiger partial charge in [0.2, 0.25) is 11.8 Å². The zero-order chi connectivity index (χ0) is 17.4. The van der Waals surface area contributed by atoms with E-state index in [-0.39, 0.29) is 17.4 Å². The molecule has 4 aliphatic carbocycles. The molecule has 1 saturated heterocycles. The van der Waals surface area contributed by atoms with Gasteiger partial charge in [0.25, 0.3) is 0 Å². The summed E-state index contributed by atoms with van der Waals surface area (Å²) in [5.74, 6) is 2.91. The number of carbonyl (C=O) groups is 2. The Hall–Kier alpha value is -1.10. The molecule has 5 nitrogen and oxygen atoms in total. The highest BCUT2D eigenvalue weighted by Crippen LogP contribution is 2.60. The molecule has 5 aliphatic rings.